The maximum absolute atomic E-state index is 13.6. The van der Waals surface area contributed by atoms with Crippen LogP contribution in [0.1, 0.15) is 32.1 Å². The van der Waals surface area contributed by atoms with Crippen LogP contribution in [0.3, 0.4) is 0 Å². The van der Waals surface area contributed by atoms with Crippen LogP contribution in [0.15, 0.2) is 21.1 Å². The molecule has 1 heterocycles. The minimum atomic E-state index is -0.976. The van der Waals surface area contributed by atoms with Gasteiger partial charge in [0, 0.05) is 12.1 Å². The molecule has 1 unspecified atom stereocenters. The monoisotopic (exact) mass is 359 g/mol. The third-order valence-corrected chi connectivity index (χ3v) is 3.88. The van der Waals surface area contributed by atoms with E-state index in [0.29, 0.717) is 23.9 Å². The molecule has 0 aliphatic carbocycles. The Bertz CT molecular complexity index is 631. The lowest BCUT2D eigenvalue weighted by Gasteiger charge is -2.11. The van der Waals surface area contributed by atoms with Crippen molar-refractivity contribution < 1.29 is 13.3 Å². The topological polar surface area (TPSA) is 64.9 Å². The molecule has 7 heteroatoms. The van der Waals surface area contributed by atoms with Gasteiger partial charge in [0.05, 0.1) is 10.4 Å². The highest BCUT2D eigenvalue weighted by molar-refractivity contribution is 9.10. The van der Waals surface area contributed by atoms with Crippen molar-refractivity contribution in [1.82, 2.24) is 10.1 Å². The lowest BCUT2D eigenvalue weighted by atomic mass is 9.97. The molecule has 1 atom stereocenters. The van der Waals surface area contributed by atoms with Gasteiger partial charge in [-0.2, -0.15) is 4.98 Å². The van der Waals surface area contributed by atoms with Crippen molar-refractivity contribution >= 4 is 15.9 Å². The largest absolute Gasteiger partial charge is 0.339 e. The van der Waals surface area contributed by atoms with E-state index in [4.69, 9.17) is 10.3 Å². The molecule has 0 aliphatic rings. The number of benzene rings is 1. The Kier molecular flexibility index (Phi) is 5.05. The highest BCUT2D eigenvalue weighted by atomic mass is 79.9. The Labute approximate surface area is 129 Å². The van der Waals surface area contributed by atoms with Crippen molar-refractivity contribution in [3.8, 4) is 11.4 Å². The van der Waals surface area contributed by atoms with Crippen LogP contribution >= 0.6 is 15.9 Å². The summed E-state index contributed by atoms with van der Waals surface area (Å²) < 4.78 is 31.9. The lowest BCUT2D eigenvalue weighted by molar-refractivity contribution is 0.334. The second-order valence-corrected chi connectivity index (χ2v) is 6.03. The first-order chi connectivity index (χ1) is 9.93. The van der Waals surface area contributed by atoms with Gasteiger partial charge in [-0.1, -0.05) is 19.0 Å². The third-order valence-electron chi connectivity index (χ3n) is 3.11. The number of halogens is 3. The van der Waals surface area contributed by atoms with Gasteiger partial charge in [0.25, 0.3) is 0 Å². The van der Waals surface area contributed by atoms with E-state index in [1.54, 1.807) is 0 Å². The summed E-state index contributed by atoms with van der Waals surface area (Å²) in [6, 6.07) is 2.43. The van der Waals surface area contributed by atoms with E-state index >= 15 is 0 Å². The van der Waals surface area contributed by atoms with E-state index in [1.165, 1.54) is 6.07 Å². The van der Waals surface area contributed by atoms with E-state index in [0.717, 1.165) is 12.5 Å². The molecule has 0 saturated heterocycles. The van der Waals surface area contributed by atoms with Gasteiger partial charge in [-0.25, -0.2) is 8.78 Å². The van der Waals surface area contributed by atoms with Crippen LogP contribution in [0, 0.1) is 17.6 Å². The summed E-state index contributed by atoms with van der Waals surface area (Å²) in [5, 5.41) is 3.83. The predicted octanol–water partition coefficient (Wildman–Crippen LogP) is 3.87. The smallest absolute Gasteiger partial charge is 0.231 e. The van der Waals surface area contributed by atoms with Crippen LogP contribution in [0.2, 0.25) is 0 Å². The summed E-state index contributed by atoms with van der Waals surface area (Å²) >= 11 is 3.01. The van der Waals surface area contributed by atoms with Crippen molar-refractivity contribution in [3.63, 3.8) is 0 Å². The third kappa shape index (κ3) is 3.47. The van der Waals surface area contributed by atoms with Gasteiger partial charge >= 0.3 is 0 Å². The Balaban J connectivity index is 2.34. The number of nitrogens with two attached hydrogens (primary N) is 1. The molecule has 21 heavy (non-hydrogen) atoms. The second-order valence-electron chi connectivity index (χ2n) is 5.24. The molecule has 0 fully saturated rings. The fourth-order valence-electron chi connectivity index (χ4n) is 2.08. The molecule has 0 amide bonds. The highest BCUT2D eigenvalue weighted by Crippen LogP contribution is 2.31. The predicted molar refractivity (Wildman–Crippen MR) is 78.6 cm³/mol. The summed E-state index contributed by atoms with van der Waals surface area (Å²) in [4.78, 5) is 4.26. The van der Waals surface area contributed by atoms with Gasteiger partial charge in [0.15, 0.2) is 11.6 Å². The van der Waals surface area contributed by atoms with E-state index < -0.39 is 11.6 Å². The van der Waals surface area contributed by atoms with Gasteiger partial charge in [-0.3, -0.25) is 0 Å². The molecule has 0 bridgehead atoms. The Hall–Kier alpha value is -1.34. The van der Waals surface area contributed by atoms with E-state index in [9.17, 15) is 8.78 Å². The molecule has 114 valence electrons. The number of hydrogen-bond donors (Lipinski definition) is 1. The SMILES string of the molecule is CC(C)CC(CN)c1nc(-c2ccc(F)c(F)c2Br)no1. The summed E-state index contributed by atoms with van der Waals surface area (Å²) in [6.07, 6.45) is 0.817. The fourth-order valence-corrected chi connectivity index (χ4v) is 2.57. The molecular weight excluding hydrogens is 344 g/mol. The maximum atomic E-state index is 13.6. The molecular formula is C14H16BrF2N3O. The molecule has 1 aromatic heterocycles. The van der Waals surface area contributed by atoms with Gasteiger partial charge < -0.3 is 10.3 Å². The summed E-state index contributed by atoms with van der Waals surface area (Å²) in [7, 11) is 0. The molecule has 2 N–H and O–H groups in total. The number of aromatic nitrogens is 2. The first-order valence-electron chi connectivity index (χ1n) is 6.61. The van der Waals surface area contributed by atoms with Crippen LogP contribution in [0.5, 0.6) is 0 Å². The summed E-state index contributed by atoms with van der Waals surface area (Å²) in [5.74, 6) is -0.902. The zero-order valence-corrected chi connectivity index (χ0v) is 13.3. The fraction of sp³-hybridized carbons (Fsp3) is 0.429. The standard InChI is InChI=1S/C14H16BrF2N3O/c1-7(2)5-8(6-18)14-19-13(20-21-14)9-3-4-10(16)12(17)11(9)15/h3-4,7-8H,5-6,18H2,1-2H3. The average Bonchev–Trinajstić information content (AvgIpc) is 2.91. The van der Waals surface area contributed by atoms with E-state index in [1.807, 2.05) is 0 Å². The van der Waals surface area contributed by atoms with Crippen LogP contribution in [-0.4, -0.2) is 16.7 Å². The molecule has 2 aromatic rings. The van der Waals surface area contributed by atoms with Crippen LogP contribution in [-0.2, 0) is 0 Å². The van der Waals surface area contributed by atoms with Crippen LogP contribution < -0.4 is 5.73 Å². The van der Waals surface area contributed by atoms with Gasteiger partial charge in [0.2, 0.25) is 11.7 Å². The Morgan fingerprint density at radius 3 is 2.67 bits per heavy atom. The second kappa shape index (κ2) is 6.62. The quantitative estimate of drug-likeness (QED) is 0.823. The maximum Gasteiger partial charge on any atom is 0.231 e. The molecule has 0 aliphatic heterocycles. The van der Waals surface area contributed by atoms with Crippen molar-refractivity contribution in [2.75, 3.05) is 6.54 Å². The normalized spacial score (nSPS) is 12.9. The highest BCUT2D eigenvalue weighted by Gasteiger charge is 2.21. The van der Waals surface area contributed by atoms with E-state index in [-0.39, 0.29) is 16.2 Å². The Morgan fingerprint density at radius 1 is 1.33 bits per heavy atom. The molecule has 4 nitrogen and oxygen atoms in total. The average molecular weight is 360 g/mol. The summed E-state index contributed by atoms with van der Waals surface area (Å²) in [6.45, 7) is 4.54. The molecule has 2 rings (SSSR count). The van der Waals surface area contributed by atoms with Crippen LogP contribution in [0.25, 0.3) is 11.4 Å². The molecule has 0 saturated carbocycles. The van der Waals surface area contributed by atoms with Gasteiger partial charge in [-0.15, -0.1) is 0 Å². The lowest BCUT2D eigenvalue weighted by Crippen LogP contribution is -2.15. The number of nitrogens with zero attached hydrogens (tertiary/aromatic N) is 2. The zero-order valence-electron chi connectivity index (χ0n) is 11.7. The first-order valence-corrected chi connectivity index (χ1v) is 7.40. The zero-order chi connectivity index (χ0) is 15.6. The van der Waals surface area contributed by atoms with Crippen LogP contribution in [0.4, 0.5) is 8.78 Å². The van der Waals surface area contributed by atoms with Crippen molar-refractivity contribution in [1.29, 1.82) is 0 Å². The van der Waals surface area contributed by atoms with Crippen molar-refractivity contribution in [2.45, 2.75) is 26.2 Å². The molecule has 0 spiro atoms. The minimum absolute atomic E-state index is 0.0250. The number of rotatable bonds is 5. The molecule has 0 radical (unpaired) electrons. The molecule has 1 aromatic carbocycles. The number of hydrogen-bond acceptors (Lipinski definition) is 4. The Morgan fingerprint density at radius 2 is 2.05 bits per heavy atom. The first kappa shape index (κ1) is 16.0. The van der Waals surface area contributed by atoms with Crippen molar-refractivity contribution in [3.05, 3.63) is 34.1 Å². The van der Waals surface area contributed by atoms with Gasteiger partial charge in [0.1, 0.15) is 0 Å². The van der Waals surface area contributed by atoms with E-state index in [2.05, 4.69) is 39.9 Å². The van der Waals surface area contributed by atoms with Gasteiger partial charge in [-0.05, 0) is 40.4 Å². The minimum Gasteiger partial charge on any atom is -0.339 e. The summed E-state index contributed by atoms with van der Waals surface area (Å²) in [5.41, 5.74) is 6.07. The van der Waals surface area contributed by atoms with Crippen molar-refractivity contribution in [2.24, 2.45) is 11.7 Å².